The smallest absolute Gasteiger partial charge is 0.390 e. The van der Waals surface area contributed by atoms with Crippen LogP contribution in [0.2, 0.25) is 0 Å². The van der Waals surface area contributed by atoms with Crippen LogP contribution in [0, 0.1) is 0 Å². The average Bonchev–Trinajstić information content (AvgIpc) is 3.10. The molecule has 7 aromatic rings. The molecule has 36 heavy (non-hydrogen) atoms. The molecule has 0 aliphatic rings. The summed E-state index contributed by atoms with van der Waals surface area (Å²) < 4.78 is 19.5. The maximum atomic E-state index is 6.51. The topological polar surface area (TPSA) is 35.5 Å². The molecule has 0 saturated heterocycles. The van der Waals surface area contributed by atoms with Crippen molar-refractivity contribution in [3.63, 3.8) is 0 Å². The van der Waals surface area contributed by atoms with Crippen LogP contribution in [-0.4, -0.2) is 0 Å². The number of hydrogen-bond acceptors (Lipinski definition) is 3. The highest BCUT2D eigenvalue weighted by Gasteiger charge is 2.15. The van der Waals surface area contributed by atoms with Gasteiger partial charge in [-0.3, -0.25) is 0 Å². The van der Waals surface area contributed by atoms with E-state index in [9.17, 15) is 0 Å². The van der Waals surface area contributed by atoms with Gasteiger partial charge in [0, 0.05) is 16.3 Å². The standard InChI is InChI=1S/C32H21O3P/c1-2-10-22(11-3-1)25-14-8-9-17-28(25)33-36-34-29-20-18-23-12-4-6-15-26(23)31(29)32-27-16-7-5-13-24(27)19-21-30(32)35-36/h1-21H. The number of fused-ring (bicyclic) bond motifs is 7. The zero-order chi connectivity index (χ0) is 23.9. The van der Waals surface area contributed by atoms with Crippen LogP contribution < -0.4 is 4.52 Å². The van der Waals surface area contributed by atoms with Crippen LogP contribution in [0.25, 0.3) is 54.6 Å². The third-order valence-electron chi connectivity index (χ3n) is 6.52. The second-order valence-electron chi connectivity index (χ2n) is 8.68. The van der Waals surface area contributed by atoms with Gasteiger partial charge in [0.05, 0.1) is 0 Å². The number of benzene rings is 6. The van der Waals surface area contributed by atoms with E-state index in [-0.39, 0.29) is 0 Å². The van der Waals surface area contributed by atoms with E-state index in [0.717, 1.165) is 60.4 Å². The fraction of sp³-hybridized carbons (Fsp3) is 0. The quantitative estimate of drug-likeness (QED) is 0.250. The second-order valence-corrected chi connectivity index (χ2v) is 9.67. The summed E-state index contributed by atoms with van der Waals surface area (Å²) in [6.45, 7) is 0. The van der Waals surface area contributed by atoms with Gasteiger partial charge >= 0.3 is 8.24 Å². The number of rotatable bonds is 3. The summed E-state index contributed by atoms with van der Waals surface area (Å²) in [6, 6.07) is 43.2. The Morgan fingerprint density at radius 1 is 0.472 bits per heavy atom. The lowest BCUT2D eigenvalue weighted by molar-refractivity contribution is 0.499. The Hall–Kier alpha value is -4.46. The Labute approximate surface area is 208 Å². The molecule has 0 N–H and O–H groups in total. The van der Waals surface area contributed by atoms with Crippen molar-refractivity contribution in [2.75, 3.05) is 0 Å². The summed E-state index contributed by atoms with van der Waals surface area (Å²) in [6.07, 6.45) is 0. The summed E-state index contributed by atoms with van der Waals surface area (Å²) >= 11 is 0. The molecular formula is C32H21O3P. The van der Waals surface area contributed by atoms with Gasteiger partial charge < -0.3 is 12.9 Å². The summed E-state index contributed by atoms with van der Waals surface area (Å²) in [7, 11) is -1.77. The molecule has 3 nitrogen and oxygen atoms in total. The molecule has 1 heterocycles. The van der Waals surface area contributed by atoms with Gasteiger partial charge in [-0.25, -0.2) is 0 Å². The Morgan fingerprint density at radius 3 is 1.64 bits per heavy atom. The first-order valence-electron chi connectivity index (χ1n) is 11.9. The Kier molecular flexibility index (Phi) is 5.01. The predicted octanol–water partition coefficient (Wildman–Crippen LogP) is 10.1. The predicted molar refractivity (Wildman–Crippen MR) is 149 cm³/mol. The van der Waals surface area contributed by atoms with Gasteiger partial charge in [-0.2, -0.15) is 0 Å². The van der Waals surface area contributed by atoms with E-state index in [1.54, 1.807) is 0 Å². The molecule has 0 fully saturated rings. The van der Waals surface area contributed by atoms with Crippen LogP contribution in [0.15, 0.2) is 136 Å². The molecule has 7 rings (SSSR count). The van der Waals surface area contributed by atoms with Crippen LogP contribution in [0.5, 0.6) is 5.75 Å². The molecule has 0 radical (unpaired) electrons. The molecule has 6 aromatic carbocycles. The highest BCUT2D eigenvalue weighted by molar-refractivity contribution is 7.32. The Bertz CT molecular complexity index is 1830. The van der Waals surface area contributed by atoms with Crippen LogP contribution in [0.4, 0.5) is 0 Å². The van der Waals surface area contributed by atoms with Crippen molar-refractivity contribution >= 4 is 51.7 Å². The maximum Gasteiger partial charge on any atom is 0.453 e. The van der Waals surface area contributed by atoms with E-state index in [1.807, 2.05) is 48.5 Å². The minimum absolute atomic E-state index is 0.724. The first-order valence-corrected chi connectivity index (χ1v) is 13.0. The fourth-order valence-corrected chi connectivity index (χ4v) is 5.93. The molecule has 0 bridgehead atoms. The minimum Gasteiger partial charge on any atom is -0.390 e. The zero-order valence-corrected chi connectivity index (χ0v) is 20.2. The highest BCUT2D eigenvalue weighted by atomic mass is 31.1. The molecule has 0 spiro atoms. The fourth-order valence-electron chi connectivity index (χ4n) is 4.87. The first kappa shape index (κ1) is 20.9. The van der Waals surface area contributed by atoms with Gasteiger partial charge in [0.1, 0.15) is 16.9 Å². The monoisotopic (exact) mass is 484 g/mol. The largest absolute Gasteiger partial charge is 0.453 e. The Morgan fingerprint density at radius 2 is 1.00 bits per heavy atom. The van der Waals surface area contributed by atoms with Crippen molar-refractivity contribution in [3.05, 3.63) is 127 Å². The summed E-state index contributed by atoms with van der Waals surface area (Å²) in [4.78, 5) is 0. The van der Waals surface area contributed by atoms with Gasteiger partial charge in [-0.15, -0.1) is 0 Å². The molecule has 1 aromatic heterocycles. The van der Waals surface area contributed by atoms with Crippen LogP contribution in [-0.2, 0) is 0 Å². The van der Waals surface area contributed by atoms with Gasteiger partial charge in [-0.05, 0) is 45.3 Å². The lowest BCUT2D eigenvalue weighted by atomic mass is 9.99. The second kappa shape index (κ2) is 8.64. The normalized spacial score (nSPS) is 11.3. The van der Waals surface area contributed by atoms with Crippen LogP contribution >= 0.6 is 8.24 Å². The van der Waals surface area contributed by atoms with Crippen molar-refractivity contribution < 1.29 is 12.9 Å². The van der Waals surface area contributed by atoms with Gasteiger partial charge in [0.25, 0.3) is 0 Å². The Balaban J connectivity index is 1.55. The third-order valence-corrected chi connectivity index (χ3v) is 7.56. The van der Waals surface area contributed by atoms with Crippen LogP contribution in [0.3, 0.4) is 0 Å². The molecule has 0 aliphatic heterocycles. The van der Waals surface area contributed by atoms with Gasteiger partial charge in [-0.1, -0.05) is 109 Å². The summed E-state index contributed by atoms with van der Waals surface area (Å²) in [5, 5.41) is 6.62. The zero-order valence-electron chi connectivity index (χ0n) is 19.3. The summed E-state index contributed by atoms with van der Waals surface area (Å²) in [5.41, 5.74) is 3.59. The molecule has 0 unspecified atom stereocenters. The number of hydrogen-bond donors (Lipinski definition) is 0. The average molecular weight is 484 g/mol. The van der Waals surface area contributed by atoms with Crippen LogP contribution in [0.1, 0.15) is 0 Å². The van der Waals surface area contributed by atoms with Crippen molar-refractivity contribution in [2.45, 2.75) is 0 Å². The SMILES string of the molecule is c1ccc(-c2ccccc2Op2oc3ccc4ccccc4c3c3c(ccc4ccccc43)o2)cc1. The van der Waals surface area contributed by atoms with Crippen molar-refractivity contribution in [1.82, 2.24) is 0 Å². The highest BCUT2D eigenvalue weighted by Crippen LogP contribution is 2.43. The van der Waals surface area contributed by atoms with Crippen molar-refractivity contribution in [3.8, 4) is 16.9 Å². The first-order chi connectivity index (χ1) is 17.8. The van der Waals surface area contributed by atoms with Gasteiger partial charge in [0.15, 0.2) is 0 Å². The molecular weight excluding hydrogens is 463 g/mol. The maximum absolute atomic E-state index is 6.51. The van der Waals surface area contributed by atoms with Gasteiger partial charge in [0.2, 0.25) is 0 Å². The number of para-hydroxylation sites is 1. The molecule has 0 saturated carbocycles. The van der Waals surface area contributed by atoms with E-state index in [1.165, 1.54) is 0 Å². The van der Waals surface area contributed by atoms with E-state index < -0.39 is 8.24 Å². The minimum atomic E-state index is -1.77. The third kappa shape index (κ3) is 3.53. The van der Waals surface area contributed by atoms with Crippen molar-refractivity contribution in [1.29, 1.82) is 0 Å². The van der Waals surface area contributed by atoms with E-state index in [2.05, 4.69) is 78.9 Å². The molecule has 0 amide bonds. The molecule has 172 valence electrons. The lowest BCUT2D eigenvalue weighted by Crippen LogP contribution is -1.84. The molecule has 0 atom stereocenters. The summed E-state index contributed by atoms with van der Waals surface area (Å²) in [5.74, 6) is 0.724. The van der Waals surface area contributed by atoms with Crippen molar-refractivity contribution in [2.24, 2.45) is 0 Å². The molecule has 4 heteroatoms. The molecule has 0 aliphatic carbocycles. The van der Waals surface area contributed by atoms with E-state index in [4.69, 9.17) is 12.9 Å². The lowest BCUT2D eigenvalue weighted by Gasteiger charge is -2.08. The van der Waals surface area contributed by atoms with E-state index >= 15 is 0 Å². The van der Waals surface area contributed by atoms with E-state index in [0.29, 0.717) is 0 Å².